The van der Waals surface area contributed by atoms with Gasteiger partial charge in [-0.3, -0.25) is 4.79 Å². The molecule has 0 aliphatic carbocycles. The molecule has 16 heavy (non-hydrogen) atoms. The van der Waals surface area contributed by atoms with Crippen molar-refractivity contribution in [2.75, 3.05) is 14.2 Å². The smallest absolute Gasteiger partial charge is 0.264 e. The molecule has 0 aliphatic rings. The summed E-state index contributed by atoms with van der Waals surface area (Å²) >= 11 is 1.97. The molecule has 5 nitrogen and oxygen atoms in total. The zero-order valence-electron chi connectivity index (χ0n) is 9.54. The van der Waals surface area contributed by atoms with Gasteiger partial charge in [-0.2, -0.15) is 0 Å². The first kappa shape index (κ1) is 13.6. The van der Waals surface area contributed by atoms with E-state index in [2.05, 4.69) is 9.97 Å². The van der Waals surface area contributed by atoms with E-state index in [-0.39, 0.29) is 11.7 Å². The summed E-state index contributed by atoms with van der Waals surface area (Å²) in [4.78, 5) is 18.7. The molecule has 0 spiro atoms. The maximum atomic E-state index is 11.6. The molecule has 0 aromatic carbocycles. The normalized spacial score (nSPS) is 12.8. The lowest BCUT2D eigenvalue weighted by molar-refractivity contribution is 0.116. The van der Waals surface area contributed by atoms with E-state index in [0.717, 1.165) is 0 Å². The van der Waals surface area contributed by atoms with Gasteiger partial charge in [0.05, 0.1) is 18.4 Å². The minimum atomic E-state index is -0.124. The molecule has 1 aromatic rings. The van der Waals surface area contributed by atoms with Crippen LogP contribution in [-0.4, -0.2) is 30.3 Å². The Hall–Kier alpha value is -0.470. The average molecular weight is 338 g/mol. The fourth-order valence-corrected chi connectivity index (χ4v) is 1.65. The van der Waals surface area contributed by atoms with Gasteiger partial charge in [-0.25, -0.2) is 4.98 Å². The molecule has 0 fully saturated rings. The molecule has 0 saturated carbocycles. The first-order valence-electron chi connectivity index (χ1n) is 4.87. The highest BCUT2D eigenvalue weighted by Crippen LogP contribution is 2.07. The minimum absolute atomic E-state index is 0.0265. The van der Waals surface area contributed by atoms with Crippen LogP contribution in [-0.2, 0) is 22.5 Å². The standard InChI is InChI=1S/C10H15IN2O3/c1-6(16-3)4-8-12-7(5-15-2)9(11)10(14)13-8/h6H,4-5H2,1-3H3,(H,12,13,14). The van der Waals surface area contributed by atoms with Gasteiger partial charge in [0.2, 0.25) is 0 Å². The van der Waals surface area contributed by atoms with E-state index in [1.807, 2.05) is 29.5 Å². The van der Waals surface area contributed by atoms with Crippen molar-refractivity contribution < 1.29 is 9.47 Å². The van der Waals surface area contributed by atoms with Crippen LogP contribution in [0.3, 0.4) is 0 Å². The fraction of sp³-hybridized carbons (Fsp3) is 0.600. The van der Waals surface area contributed by atoms with Crippen molar-refractivity contribution in [3.05, 3.63) is 25.4 Å². The van der Waals surface area contributed by atoms with Crippen LogP contribution in [0.1, 0.15) is 18.4 Å². The second-order valence-corrected chi connectivity index (χ2v) is 4.54. The van der Waals surface area contributed by atoms with Crippen molar-refractivity contribution >= 4 is 22.6 Å². The van der Waals surface area contributed by atoms with Crippen LogP contribution >= 0.6 is 22.6 Å². The van der Waals surface area contributed by atoms with Gasteiger partial charge in [-0.1, -0.05) is 0 Å². The number of nitrogens with one attached hydrogen (secondary N) is 1. The summed E-state index contributed by atoms with van der Waals surface area (Å²) in [7, 11) is 3.21. The number of methoxy groups -OCH3 is 2. The fourth-order valence-electron chi connectivity index (χ4n) is 1.24. The molecule has 1 aromatic heterocycles. The molecule has 0 radical (unpaired) electrons. The average Bonchev–Trinajstić information content (AvgIpc) is 2.25. The first-order chi connectivity index (χ1) is 7.58. The van der Waals surface area contributed by atoms with E-state index >= 15 is 0 Å². The Morgan fingerprint density at radius 3 is 2.75 bits per heavy atom. The highest BCUT2D eigenvalue weighted by molar-refractivity contribution is 14.1. The largest absolute Gasteiger partial charge is 0.381 e. The van der Waals surface area contributed by atoms with Crippen molar-refractivity contribution in [1.82, 2.24) is 9.97 Å². The second-order valence-electron chi connectivity index (χ2n) is 3.46. The molecule has 1 unspecified atom stereocenters. The van der Waals surface area contributed by atoms with E-state index in [1.165, 1.54) is 0 Å². The van der Waals surface area contributed by atoms with Crippen molar-refractivity contribution in [3.63, 3.8) is 0 Å². The lowest BCUT2D eigenvalue weighted by Crippen LogP contribution is -2.21. The van der Waals surface area contributed by atoms with Gasteiger partial charge in [0.1, 0.15) is 9.39 Å². The molecule has 6 heteroatoms. The zero-order chi connectivity index (χ0) is 12.1. The highest BCUT2D eigenvalue weighted by atomic mass is 127. The van der Waals surface area contributed by atoms with Crippen LogP contribution in [0.4, 0.5) is 0 Å². The monoisotopic (exact) mass is 338 g/mol. The van der Waals surface area contributed by atoms with E-state index in [0.29, 0.717) is 28.1 Å². The maximum absolute atomic E-state index is 11.6. The number of hydrogen-bond acceptors (Lipinski definition) is 4. The van der Waals surface area contributed by atoms with Crippen LogP contribution in [0.2, 0.25) is 0 Å². The Balaban J connectivity index is 2.99. The van der Waals surface area contributed by atoms with E-state index in [9.17, 15) is 4.79 Å². The Bertz CT molecular complexity index is 406. The van der Waals surface area contributed by atoms with Crippen LogP contribution in [0.15, 0.2) is 4.79 Å². The third-order valence-electron chi connectivity index (χ3n) is 2.14. The molecule has 1 heterocycles. The molecule has 90 valence electrons. The molecule has 0 aliphatic heterocycles. The third-order valence-corrected chi connectivity index (χ3v) is 3.26. The van der Waals surface area contributed by atoms with Gasteiger partial charge in [-0.05, 0) is 29.5 Å². The summed E-state index contributed by atoms with van der Waals surface area (Å²) in [5, 5.41) is 0. The van der Waals surface area contributed by atoms with Gasteiger partial charge < -0.3 is 14.5 Å². The summed E-state index contributed by atoms with van der Waals surface area (Å²) in [5.41, 5.74) is 0.547. The number of ether oxygens (including phenoxy) is 2. The predicted octanol–water partition coefficient (Wildman–Crippen LogP) is 1.10. The summed E-state index contributed by atoms with van der Waals surface area (Å²) in [6.07, 6.45) is 0.609. The number of hydrogen-bond donors (Lipinski definition) is 1. The molecular formula is C10H15IN2O3. The van der Waals surface area contributed by atoms with Crippen LogP contribution in [0.25, 0.3) is 0 Å². The Kier molecular flexibility index (Phi) is 5.36. The van der Waals surface area contributed by atoms with Gasteiger partial charge in [0.25, 0.3) is 5.56 Å². The predicted molar refractivity (Wildman–Crippen MR) is 68.5 cm³/mol. The topological polar surface area (TPSA) is 64.2 Å². The van der Waals surface area contributed by atoms with E-state index in [1.54, 1.807) is 14.2 Å². The van der Waals surface area contributed by atoms with E-state index in [4.69, 9.17) is 9.47 Å². The Labute approximate surface area is 108 Å². The molecule has 0 bridgehead atoms. The van der Waals surface area contributed by atoms with Crippen LogP contribution < -0.4 is 5.56 Å². The molecule has 0 saturated heterocycles. The van der Waals surface area contributed by atoms with Gasteiger partial charge in [-0.15, -0.1) is 0 Å². The molecule has 1 atom stereocenters. The van der Waals surface area contributed by atoms with Gasteiger partial charge in [0, 0.05) is 20.6 Å². The lowest BCUT2D eigenvalue weighted by Gasteiger charge is -2.10. The number of aromatic amines is 1. The molecule has 1 rings (SSSR count). The zero-order valence-corrected chi connectivity index (χ0v) is 11.7. The number of nitrogens with zero attached hydrogens (tertiary/aromatic N) is 1. The lowest BCUT2D eigenvalue weighted by atomic mass is 10.2. The van der Waals surface area contributed by atoms with Crippen molar-refractivity contribution in [2.45, 2.75) is 26.1 Å². The molecular weight excluding hydrogens is 323 g/mol. The SMILES string of the molecule is COCc1nc(CC(C)OC)[nH]c(=O)c1I. The quantitative estimate of drug-likeness (QED) is 0.817. The van der Waals surface area contributed by atoms with Crippen molar-refractivity contribution in [3.8, 4) is 0 Å². The summed E-state index contributed by atoms with van der Waals surface area (Å²) in [6, 6.07) is 0. The maximum Gasteiger partial charge on any atom is 0.264 e. The van der Waals surface area contributed by atoms with Gasteiger partial charge >= 0.3 is 0 Å². The number of halogens is 1. The van der Waals surface area contributed by atoms with Crippen molar-refractivity contribution in [2.24, 2.45) is 0 Å². The second kappa shape index (κ2) is 6.31. The summed E-state index contributed by atoms with van der Waals surface area (Å²) in [6.45, 7) is 2.27. The van der Waals surface area contributed by atoms with Crippen LogP contribution in [0, 0.1) is 3.57 Å². The molecule has 1 N–H and O–H groups in total. The van der Waals surface area contributed by atoms with Gasteiger partial charge in [0.15, 0.2) is 0 Å². The number of rotatable bonds is 5. The Morgan fingerprint density at radius 1 is 1.50 bits per heavy atom. The number of H-pyrrole nitrogens is 1. The minimum Gasteiger partial charge on any atom is -0.381 e. The molecule has 0 amide bonds. The first-order valence-corrected chi connectivity index (χ1v) is 5.95. The van der Waals surface area contributed by atoms with Crippen LogP contribution in [0.5, 0.6) is 0 Å². The summed E-state index contributed by atoms with van der Waals surface area (Å²) in [5.74, 6) is 0.631. The summed E-state index contributed by atoms with van der Waals surface area (Å²) < 4.78 is 10.7. The highest BCUT2D eigenvalue weighted by Gasteiger charge is 2.10. The van der Waals surface area contributed by atoms with E-state index < -0.39 is 0 Å². The Morgan fingerprint density at radius 2 is 2.19 bits per heavy atom. The third kappa shape index (κ3) is 3.53. The van der Waals surface area contributed by atoms with Crippen molar-refractivity contribution in [1.29, 1.82) is 0 Å². The number of aromatic nitrogens is 2.